The van der Waals surface area contributed by atoms with Crippen LogP contribution in [0.5, 0.6) is 0 Å². The molecular weight excluding hydrogens is 235 g/mol. The van der Waals surface area contributed by atoms with Gasteiger partial charge in [0.1, 0.15) is 0 Å². The van der Waals surface area contributed by atoms with Crippen molar-refractivity contribution in [3.05, 3.63) is 11.9 Å². The fraction of sp³-hybridized carbons (Fsp3) is 0.667. The molecule has 2 N–H and O–H groups in total. The van der Waals surface area contributed by atoms with E-state index in [1.807, 2.05) is 0 Å². The Kier molecular flexibility index (Phi) is 6.91. The molecule has 0 unspecified atom stereocenters. The molecule has 0 bridgehead atoms. The van der Waals surface area contributed by atoms with Crippen LogP contribution < -0.4 is 10.0 Å². The number of nitrogens with one attached hydrogen (secondary N) is 2. The van der Waals surface area contributed by atoms with Crippen molar-refractivity contribution < 1.29 is 17.6 Å². The summed E-state index contributed by atoms with van der Waals surface area (Å²) >= 11 is 0. The van der Waals surface area contributed by atoms with Gasteiger partial charge in [-0.2, -0.15) is 0 Å². The number of carbonyl (C=O) groups excluding carboxylic acids is 1. The topological polar surface area (TPSA) is 75.3 Å². The van der Waals surface area contributed by atoms with Gasteiger partial charge < -0.3 is 5.32 Å². The third-order valence-electron chi connectivity index (χ3n) is 1.71. The first kappa shape index (κ1) is 15.0. The molecule has 0 spiro atoms. The average molecular weight is 252 g/mol. The number of amides is 1. The quantitative estimate of drug-likeness (QED) is 0.505. The summed E-state index contributed by atoms with van der Waals surface area (Å²) in [4.78, 5) is 11.0. The van der Waals surface area contributed by atoms with Gasteiger partial charge >= 0.3 is 0 Å². The van der Waals surface area contributed by atoms with E-state index >= 15 is 0 Å². The third-order valence-corrected chi connectivity index (χ3v) is 3.12. The van der Waals surface area contributed by atoms with Gasteiger partial charge in [0.05, 0.1) is 5.75 Å². The van der Waals surface area contributed by atoms with Gasteiger partial charge in [0.15, 0.2) is 5.83 Å². The van der Waals surface area contributed by atoms with Gasteiger partial charge in [0, 0.05) is 13.1 Å². The van der Waals surface area contributed by atoms with E-state index in [1.54, 1.807) is 6.92 Å². The van der Waals surface area contributed by atoms with Crippen LogP contribution in [0.2, 0.25) is 0 Å². The SMILES string of the molecule is CCC=C(F)C(=O)NCCNS(=O)(=O)CC. The zero-order valence-corrected chi connectivity index (χ0v) is 10.2. The van der Waals surface area contributed by atoms with E-state index in [0.717, 1.165) is 6.08 Å². The number of sulfonamides is 1. The minimum Gasteiger partial charge on any atom is -0.349 e. The van der Waals surface area contributed by atoms with E-state index in [4.69, 9.17) is 0 Å². The van der Waals surface area contributed by atoms with Crippen molar-refractivity contribution in [2.75, 3.05) is 18.8 Å². The van der Waals surface area contributed by atoms with Crippen molar-refractivity contribution in [2.24, 2.45) is 0 Å². The lowest BCUT2D eigenvalue weighted by Gasteiger charge is -2.05. The normalized spacial score (nSPS) is 12.6. The maximum atomic E-state index is 12.8. The molecule has 94 valence electrons. The Labute approximate surface area is 95.2 Å². The summed E-state index contributed by atoms with van der Waals surface area (Å²) in [7, 11) is -3.26. The van der Waals surface area contributed by atoms with Crippen LogP contribution in [-0.2, 0) is 14.8 Å². The van der Waals surface area contributed by atoms with Crippen LogP contribution >= 0.6 is 0 Å². The fourth-order valence-corrected chi connectivity index (χ4v) is 1.46. The van der Waals surface area contributed by atoms with Crippen LogP contribution in [0.15, 0.2) is 11.9 Å². The second kappa shape index (κ2) is 7.34. The first-order valence-electron chi connectivity index (χ1n) is 5.04. The van der Waals surface area contributed by atoms with Gasteiger partial charge in [-0.1, -0.05) is 6.92 Å². The van der Waals surface area contributed by atoms with Crippen LogP contribution in [0.25, 0.3) is 0 Å². The first-order valence-corrected chi connectivity index (χ1v) is 6.69. The molecule has 0 saturated carbocycles. The zero-order chi connectivity index (χ0) is 12.6. The largest absolute Gasteiger partial charge is 0.349 e. The second-order valence-electron chi connectivity index (χ2n) is 3.01. The summed E-state index contributed by atoms with van der Waals surface area (Å²) in [5.74, 6) is -1.69. The highest BCUT2D eigenvalue weighted by Gasteiger charge is 2.08. The molecule has 7 heteroatoms. The van der Waals surface area contributed by atoms with Crippen LogP contribution in [0.1, 0.15) is 20.3 Å². The van der Waals surface area contributed by atoms with Gasteiger partial charge in [0.25, 0.3) is 5.91 Å². The summed E-state index contributed by atoms with van der Waals surface area (Å²) in [6.07, 6.45) is 1.59. The maximum absolute atomic E-state index is 12.8. The predicted molar refractivity (Wildman–Crippen MR) is 60.0 cm³/mol. The minimum absolute atomic E-state index is 0.0228. The monoisotopic (exact) mass is 252 g/mol. The van der Waals surface area contributed by atoms with Gasteiger partial charge in [-0.05, 0) is 19.4 Å². The standard InChI is InChI=1S/C9H17FN2O3S/c1-3-5-8(10)9(13)11-6-7-12-16(14,15)4-2/h5,12H,3-4,6-7H2,1-2H3,(H,11,13). The summed E-state index contributed by atoms with van der Waals surface area (Å²) in [5.41, 5.74) is 0. The number of halogens is 1. The molecule has 0 radical (unpaired) electrons. The Bertz CT molecular complexity index is 352. The molecule has 0 aliphatic heterocycles. The third kappa shape index (κ3) is 6.52. The summed E-state index contributed by atoms with van der Waals surface area (Å²) in [6, 6.07) is 0. The molecule has 0 aromatic carbocycles. The Hall–Kier alpha value is -0.950. The molecule has 5 nitrogen and oxygen atoms in total. The highest BCUT2D eigenvalue weighted by Crippen LogP contribution is 1.97. The minimum atomic E-state index is -3.26. The molecule has 0 rings (SSSR count). The number of hydrogen-bond acceptors (Lipinski definition) is 3. The zero-order valence-electron chi connectivity index (χ0n) is 9.42. The Morgan fingerprint density at radius 2 is 1.94 bits per heavy atom. The lowest BCUT2D eigenvalue weighted by atomic mass is 10.4. The number of hydrogen-bond donors (Lipinski definition) is 2. The molecule has 0 aromatic heterocycles. The maximum Gasteiger partial charge on any atom is 0.279 e. The highest BCUT2D eigenvalue weighted by atomic mass is 32.2. The van der Waals surface area contributed by atoms with Gasteiger partial charge in [0.2, 0.25) is 10.0 Å². The first-order chi connectivity index (χ1) is 7.43. The average Bonchev–Trinajstić information content (AvgIpc) is 2.24. The van der Waals surface area contributed by atoms with E-state index in [9.17, 15) is 17.6 Å². The molecule has 1 amide bonds. The smallest absolute Gasteiger partial charge is 0.279 e. The van der Waals surface area contributed by atoms with E-state index in [1.165, 1.54) is 6.92 Å². The van der Waals surface area contributed by atoms with Crippen molar-refractivity contribution in [3.8, 4) is 0 Å². The molecule has 0 fully saturated rings. The van der Waals surface area contributed by atoms with Crippen molar-refractivity contribution >= 4 is 15.9 Å². The van der Waals surface area contributed by atoms with E-state index in [0.29, 0.717) is 6.42 Å². The summed E-state index contributed by atoms with van der Waals surface area (Å²) < 4.78 is 37.0. The molecule has 0 atom stereocenters. The molecule has 0 aromatic rings. The Morgan fingerprint density at radius 1 is 1.31 bits per heavy atom. The Morgan fingerprint density at radius 3 is 2.44 bits per heavy atom. The van der Waals surface area contributed by atoms with Crippen molar-refractivity contribution in [1.82, 2.24) is 10.0 Å². The van der Waals surface area contributed by atoms with E-state index in [2.05, 4.69) is 10.0 Å². The molecule has 0 heterocycles. The molecule has 0 aliphatic rings. The Balaban J connectivity index is 3.84. The van der Waals surface area contributed by atoms with Crippen LogP contribution in [0.4, 0.5) is 4.39 Å². The lowest BCUT2D eigenvalue weighted by Crippen LogP contribution is -2.35. The predicted octanol–water partition coefficient (Wildman–Crippen LogP) is 0.305. The van der Waals surface area contributed by atoms with E-state index in [-0.39, 0.29) is 18.8 Å². The summed E-state index contributed by atoms with van der Waals surface area (Å²) in [6.45, 7) is 3.33. The van der Waals surface area contributed by atoms with Crippen LogP contribution in [-0.4, -0.2) is 33.2 Å². The van der Waals surface area contributed by atoms with Crippen molar-refractivity contribution in [2.45, 2.75) is 20.3 Å². The van der Waals surface area contributed by atoms with Gasteiger partial charge in [-0.3, -0.25) is 4.79 Å². The number of rotatable bonds is 7. The molecule has 0 aliphatic carbocycles. The van der Waals surface area contributed by atoms with Crippen molar-refractivity contribution in [3.63, 3.8) is 0 Å². The fourth-order valence-electron chi connectivity index (χ4n) is 0.841. The molecule has 16 heavy (non-hydrogen) atoms. The second-order valence-corrected chi connectivity index (χ2v) is 5.11. The summed E-state index contributed by atoms with van der Waals surface area (Å²) in [5, 5.41) is 2.25. The van der Waals surface area contributed by atoms with Gasteiger partial charge in [-0.15, -0.1) is 0 Å². The van der Waals surface area contributed by atoms with Crippen molar-refractivity contribution in [1.29, 1.82) is 0 Å². The lowest BCUT2D eigenvalue weighted by molar-refractivity contribution is -0.118. The molecular formula is C9H17FN2O3S. The van der Waals surface area contributed by atoms with Gasteiger partial charge in [-0.25, -0.2) is 17.5 Å². The van der Waals surface area contributed by atoms with E-state index < -0.39 is 21.8 Å². The molecule has 0 saturated heterocycles. The highest BCUT2D eigenvalue weighted by molar-refractivity contribution is 7.89. The van der Waals surface area contributed by atoms with Crippen LogP contribution in [0.3, 0.4) is 0 Å². The number of allylic oxidation sites excluding steroid dienone is 1. The van der Waals surface area contributed by atoms with Crippen LogP contribution in [0, 0.1) is 0 Å². The number of carbonyl (C=O) groups is 1.